The normalized spacial score (nSPS) is 14.7. The Morgan fingerprint density at radius 1 is 1.44 bits per heavy atom. The number of rotatable bonds is 6. The van der Waals surface area contributed by atoms with Crippen molar-refractivity contribution in [2.45, 2.75) is 31.6 Å². The summed E-state index contributed by atoms with van der Waals surface area (Å²) in [7, 11) is -3.09. The molecule has 1 rings (SSSR count). The molecule has 0 aliphatic rings. The van der Waals surface area contributed by atoms with Crippen molar-refractivity contribution >= 4 is 21.2 Å². The summed E-state index contributed by atoms with van der Waals surface area (Å²) in [5.41, 5.74) is 0.867. The smallest absolute Gasteiger partial charge is 0.156 e. The first-order chi connectivity index (χ1) is 8.24. The first-order valence-electron chi connectivity index (χ1n) is 5.87. The van der Waals surface area contributed by atoms with Gasteiger partial charge >= 0.3 is 0 Å². The lowest BCUT2D eigenvalue weighted by atomic mass is 10.2. The number of aliphatic hydroxyl groups excluding tert-OH is 1. The average Bonchev–Trinajstić information content (AvgIpc) is 2.75. The van der Waals surface area contributed by atoms with Crippen LogP contribution in [-0.4, -0.2) is 37.1 Å². The molecule has 18 heavy (non-hydrogen) atoms. The Hall–Kier alpha value is -0.430. The summed E-state index contributed by atoms with van der Waals surface area (Å²) in [5.74, 6) is 0.0901. The maximum atomic E-state index is 11.8. The van der Waals surface area contributed by atoms with E-state index in [0.717, 1.165) is 5.56 Å². The van der Waals surface area contributed by atoms with Gasteiger partial charge < -0.3 is 10.4 Å². The largest absolute Gasteiger partial charge is 0.387 e. The monoisotopic (exact) mass is 291 g/mol. The zero-order chi connectivity index (χ0) is 13.8. The quantitative estimate of drug-likeness (QED) is 0.781. The zero-order valence-corrected chi connectivity index (χ0v) is 12.6. The van der Waals surface area contributed by atoms with Crippen molar-refractivity contribution in [2.24, 2.45) is 0 Å². The molecule has 0 bridgehead atoms. The van der Waals surface area contributed by atoms with Crippen LogP contribution >= 0.6 is 11.3 Å². The summed E-state index contributed by atoms with van der Waals surface area (Å²) in [6.45, 7) is 5.82. The fraction of sp³-hybridized carbons (Fsp3) is 0.667. The lowest BCUT2D eigenvalue weighted by Gasteiger charge is -2.19. The second-order valence-electron chi connectivity index (χ2n) is 5.21. The Bertz CT molecular complexity index is 446. The molecule has 0 saturated heterocycles. The molecule has 1 atom stereocenters. The van der Waals surface area contributed by atoms with Gasteiger partial charge in [0.2, 0.25) is 0 Å². The number of nitrogens with one attached hydrogen (secondary N) is 1. The Morgan fingerprint density at radius 3 is 2.61 bits per heavy atom. The number of thiophene rings is 1. The molecule has 104 valence electrons. The Morgan fingerprint density at radius 2 is 2.11 bits per heavy atom. The van der Waals surface area contributed by atoms with Crippen molar-refractivity contribution in [3.63, 3.8) is 0 Å². The highest BCUT2D eigenvalue weighted by atomic mass is 32.2. The van der Waals surface area contributed by atoms with E-state index >= 15 is 0 Å². The SMILES string of the molecule is CC(C)(C)S(=O)(=O)CCNCC(O)c1ccsc1. The third-order valence-corrected chi connectivity index (χ3v) is 6.06. The van der Waals surface area contributed by atoms with Crippen LogP contribution in [0.2, 0.25) is 0 Å². The second-order valence-corrected chi connectivity index (χ2v) is 8.85. The minimum absolute atomic E-state index is 0.0901. The highest BCUT2D eigenvalue weighted by Crippen LogP contribution is 2.16. The number of sulfone groups is 1. The molecule has 0 radical (unpaired) electrons. The number of aliphatic hydroxyl groups is 1. The van der Waals surface area contributed by atoms with Gasteiger partial charge in [-0.05, 0) is 43.2 Å². The Kier molecular flexibility index (Phi) is 5.33. The van der Waals surface area contributed by atoms with E-state index in [9.17, 15) is 13.5 Å². The van der Waals surface area contributed by atoms with Gasteiger partial charge in [-0.15, -0.1) is 0 Å². The number of hydrogen-bond donors (Lipinski definition) is 2. The molecule has 1 heterocycles. The highest BCUT2D eigenvalue weighted by molar-refractivity contribution is 7.92. The van der Waals surface area contributed by atoms with E-state index < -0.39 is 20.7 Å². The van der Waals surface area contributed by atoms with Gasteiger partial charge in [0.05, 0.1) is 16.6 Å². The lowest BCUT2D eigenvalue weighted by Crippen LogP contribution is -2.35. The van der Waals surface area contributed by atoms with Crippen LogP contribution in [0.25, 0.3) is 0 Å². The topological polar surface area (TPSA) is 66.4 Å². The molecule has 4 nitrogen and oxygen atoms in total. The summed E-state index contributed by atoms with van der Waals surface area (Å²) in [6, 6.07) is 1.86. The Labute approximate surface area is 113 Å². The van der Waals surface area contributed by atoms with Gasteiger partial charge in [0, 0.05) is 13.1 Å². The van der Waals surface area contributed by atoms with Crippen LogP contribution in [-0.2, 0) is 9.84 Å². The van der Waals surface area contributed by atoms with E-state index in [-0.39, 0.29) is 5.75 Å². The molecule has 0 aromatic carbocycles. The number of hydrogen-bond acceptors (Lipinski definition) is 5. The molecule has 0 fully saturated rings. The van der Waals surface area contributed by atoms with Crippen molar-refractivity contribution < 1.29 is 13.5 Å². The van der Waals surface area contributed by atoms with Crippen molar-refractivity contribution in [1.29, 1.82) is 0 Å². The van der Waals surface area contributed by atoms with Gasteiger partial charge in [-0.2, -0.15) is 11.3 Å². The van der Waals surface area contributed by atoms with E-state index in [4.69, 9.17) is 0 Å². The molecule has 1 aromatic heterocycles. The first kappa shape index (κ1) is 15.6. The van der Waals surface area contributed by atoms with Crippen LogP contribution in [0.5, 0.6) is 0 Å². The maximum Gasteiger partial charge on any atom is 0.156 e. The van der Waals surface area contributed by atoms with Gasteiger partial charge in [-0.3, -0.25) is 0 Å². The molecule has 1 unspecified atom stereocenters. The minimum Gasteiger partial charge on any atom is -0.387 e. The van der Waals surface area contributed by atoms with Gasteiger partial charge in [0.15, 0.2) is 9.84 Å². The predicted molar refractivity (Wildman–Crippen MR) is 75.7 cm³/mol. The second kappa shape index (κ2) is 6.14. The summed E-state index contributed by atoms with van der Waals surface area (Å²) in [6.07, 6.45) is -0.575. The van der Waals surface area contributed by atoms with Crippen molar-refractivity contribution in [3.8, 4) is 0 Å². The zero-order valence-electron chi connectivity index (χ0n) is 11.0. The van der Waals surface area contributed by atoms with Gasteiger partial charge in [0.1, 0.15) is 0 Å². The van der Waals surface area contributed by atoms with E-state index in [1.807, 2.05) is 16.8 Å². The molecule has 0 amide bonds. The molecule has 2 N–H and O–H groups in total. The van der Waals surface area contributed by atoms with Crippen LogP contribution < -0.4 is 5.32 Å². The molecule has 0 spiro atoms. The van der Waals surface area contributed by atoms with Gasteiger partial charge in [-0.25, -0.2) is 8.42 Å². The molecule has 0 aliphatic carbocycles. The molecular weight excluding hydrogens is 270 g/mol. The average molecular weight is 291 g/mol. The molecule has 0 aliphatic heterocycles. The molecule has 6 heteroatoms. The van der Waals surface area contributed by atoms with Crippen molar-refractivity contribution in [2.75, 3.05) is 18.8 Å². The summed E-state index contributed by atoms with van der Waals surface area (Å²) < 4.78 is 22.9. The lowest BCUT2D eigenvalue weighted by molar-refractivity contribution is 0.176. The first-order valence-corrected chi connectivity index (χ1v) is 8.47. The van der Waals surface area contributed by atoms with E-state index in [2.05, 4.69) is 5.32 Å². The Balaban J connectivity index is 2.32. The van der Waals surface area contributed by atoms with E-state index in [1.165, 1.54) is 11.3 Å². The van der Waals surface area contributed by atoms with Crippen molar-refractivity contribution in [3.05, 3.63) is 22.4 Å². The maximum absolute atomic E-state index is 11.8. The third kappa shape index (κ3) is 4.35. The summed E-state index contributed by atoms with van der Waals surface area (Å²) in [5, 5.41) is 16.6. The van der Waals surface area contributed by atoms with Crippen LogP contribution in [0.3, 0.4) is 0 Å². The predicted octanol–water partition coefficient (Wildman–Crippen LogP) is 1.58. The standard InChI is InChI=1S/C12H21NO3S2/c1-12(2,3)18(15,16)7-5-13-8-11(14)10-4-6-17-9-10/h4,6,9,11,13-14H,5,7-8H2,1-3H3. The van der Waals surface area contributed by atoms with E-state index in [1.54, 1.807) is 20.8 Å². The third-order valence-electron chi connectivity index (χ3n) is 2.75. The molecule has 0 saturated carbocycles. The van der Waals surface area contributed by atoms with Crippen molar-refractivity contribution in [1.82, 2.24) is 5.32 Å². The van der Waals surface area contributed by atoms with Gasteiger partial charge in [-0.1, -0.05) is 0 Å². The van der Waals surface area contributed by atoms with Gasteiger partial charge in [0.25, 0.3) is 0 Å². The summed E-state index contributed by atoms with van der Waals surface area (Å²) in [4.78, 5) is 0. The fourth-order valence-electron chi connectivity index (χ4n) is 1.33. The highest BCUT2D eigenvalue weighted by Gasteiger charge is 2.28. The molecule has 1 aromatic rings. The van der Waals surface area contributed by atoms with Crippen LogP contribution in [0.15, 0.2) is 16.8 Å². The summed E-state index contributed by atoms with van der Waals surface area (Å²) >= 11 is 1.53. The van der Waals surface area contributed by atoms with Crippen LogP contribution in [0.1, 0.15) is 32.4 Å². The van der Waals surface area contributed by atoms with Crippen LogP contribution in [0, 0.1) is 0 Å². The van der Waals surface area contributed by atoms with E-state index in [0.29, 0.717) is 13.1 Å². The molecular formula is C12H21NO3S2. The van der Waals surface area contributed by atoms with Crippen LogP contribution in [0.4, 0.5) is 0 Å². The minimum atomic E-state index is -3.09. The fourth-order valence-corrected chi connectivity index (χ4v) is 3.07.